The zero-order valence-electron chi connectivity index (χ0n) is 14.8. The van der Waals surface area contributed by atoms with Gasteiger partial charge >= 0.3 is 0 Å². The molecule has 0 aromatic heterocycles. The normalized spacial score (nSPS) is 10.2. The van der Waals surface area contributed by atoms with Crippen molar-refractivity contribution in [1.29, 1.82) is 0 Å². The number of carbonyl (C=O) groups is 2. The third kappa shape index (κ3) is 7.00. The molecule has 0 spiro atoms. The highest BCUT2D eigenvalue weighted by molar-refractivity contribution is 7.80. The molecule has 2 amide bonds. The predicted molar refractivity (Wildman–Crippen MR) is 109 cm³/mol. The monoisotopic (exact) mass is 399 g/mol. The van der Waals surface area contributed by atoms with Gasteiger partial charge in [-0.2, -0.15) is 0 Å². The molecule has 3 N–H and O–H groups in total. The Bertz CT molecular complexity index is 881. The second-order valence-corrected chi connectivity index (χ2v) is 5.81. The number of hydrazine groups is 1. The van der Waals surface area contributed by atoms with Crippen LogP contribution in [-0.4, -0.2) is 23.5 Å². The van der Waals surface area contributed by atoms with Crippen molar-refractivity contribution in [1.82, 2.24) is 16.2 Å². The van der Waals surface area contributed by atoms with Crippen molar-refractivity contribution in [3.63, 3.8) is 0 Å². The lowest BCUT2D eigenvalue weighted by Gasteiger charge is -2.10. The highest BCUT2D eigenvalue weighted by Gasteiger charge is 2.07. The minimum absolute atomic E-state index is 0.0759. The Balaban J connectivity index is 1.77. The Morgan fingerprint density at radius 3 is 2.39 bits per heavy atom. The largest absolute Gasteiger partial charge is 0.490 e. The molecule has 0 saturated heterocycles. The van der Waals surface area contributed by atoms with E-state index in [0.717, 1.165) is 0 Å². The predicted octanol–water partition coefficient (Wildman–Crippen LogP) is 2.74. The van der Waals surface area contributed by atoms with Gasteiger partial charge in [0.15, 0.2) is 5.11 Å². The van der Waals surface area contributed by atoms with Gasteiger partial charge in [0, 0.05) is 11.6 Å². The minimum atomic E-state index is -0.500. The van der Waals surface area contributed by atoms with Crippen LogP contribution in [0.4, 0.5) is 4.39 Å². The second-order valence-electron chi connectivity index (χ2n) is 5.41. The molecule has 0 fully saturated rings. The van der Waals surface area contributed by atoms with Gasteiger partial charge in [-0.3, -0.25) is 25.8 Å². The van der Waals surface area contributed by atoms with Gasteiger partial charge in [-0.15, -0.1) is 0 Å². The van der Waals surface area contributed by atoms with Crippen LogP contribution < -0.4 is 20.9 Å². The highest BCUT2D eigenvalue weighted by atomic mass is 32.1. The molecule has 2 rings (SSSR count). The van der Waals surface area contributed by atoms with E-state index < -0.39 is 11.8 Å². The van der Waals surface area contributed by atoms with Crippen molar-refractivity contribution in [3.05, 3.63) is 84.2 Å². The number of rotatable bonds is 6. The first-order valence-electron chi connectivity index (χ1n) is 8.16. The maximum absolute atomic E-state index is 12.8. The number of ether oxygens (including phenoxy) is 1. The fourth-order valence-electron chi connectivity index (χ4n) is 1.97. The minimum Gasteiger partial charge on any atom is -0.490 e. The van der Waals surface area contributed by atoms with Gasteiger partial charge in [-0.1, -0.05) is 24.8 Å². The van der Waals surface area contributed by atoms with E-state index in [-0.39, 0.29) is 10.9 Å². The van der Waals surface area contributed by atoms with Gasteiger partial charge in [0.25, 0.3) is 5.91 Å². The molecule has 8 heteroatoms. The first-order chi connectivity index (χ1) is 13.5. The Labute approximate surface area is 167 Å². The van der Waals surface area contributed by atoms with Crippen molar-refractivity contribution >= 4 is 35.2 Å². The molecule has 0 heterocycles. The summed E-state index contributed by atoms with van der Waals surface area (Å²) < 4.78 is 18.2. The summed E-state index contributed by atoms with van der Waals surface area (Å²) in [5.41, 5.74) is 5.85. The van der Waals surface area contributed by atoms with Crippen LogP contribution in [0.5, 0.6) is 5.75 Å². The molecule has 144 valence electrons. The van der Waals surface area contributed by atoms with Crippen molar-refractivity contribution < 1.29 is 18.7 Å². The molecule has 0 bridgehead atoms. The fraction of sp³-hybridized carbons (Fsp3) is 0.0500. The lowest BCUT2D eigenvalue weighted by molar-refractivity contribution is -0.115. The van der Waals surface area contributed by atoms with Crippen LogP contribution in [0.25, 0.3) is 6.08 Å². The van der Waals surface area contributed by atoms with E-state index in [1.165, 1.54) is 36.4 Å². The first kappa shape index (κ1) is 20.8. The fourth-order valence-corrected chi connectivity index (χ4v) is 2.13. The lowest BCUT2D eigenvalue weighted by atomic mass is 10.2. The molecule has 6 nitrogen and oxygen atoms in total. The molecule has 0 radical (unpaired) electrons. The summed E-state index contributed by atoms with van der Waals surface area (Å²) in [6.07, 6.45) is 4.37. The molecule has 0 atom stereocenters. The zero-order valence-corrected chi connectivity index (χ0v) is 15.6. The number of hydrogen-bond donors (Lipinski definition) is 3. The Morgan fingerprint density at radius 2 is 1.75 bits per heavy atom. The van der Waals surface area contributed by atoms with E-state index in [1.54, 1.807) is 30.3 Å². The van der Waals surface area contributed by atoms with Crippen LogP contribution in [0.3, 0.4) is 0 Å². The van der Waals surface area contributed by atoms with Crippen molar-refractivity contribution in [2.24, 2.45) is 0 Å². The van der Waals surface area contributed by atoms with E-state index in [1.807, 2.05) is 0 Å². The van der Waals surface area contributed by atoms with E-state index in [9.17, 15) is 14.0 Å². The average molecular weight is 399 g/mol. The number of benzene rings is 2. The number of thiocarbonyl (C=S) groups is 1. The highest BCUT2D eigenvalue weighted by Crippen LogP contribution is 2.12. The molecular formula is C20H18FN3O3S. The standard InChI is InChI=1S/C20H18FN3O3S/c1-2-13-27-17-10-6-15(7-11-17)19(26)23-24-20(28)22-18(25)12-5-14-3-8-16(21)9-4-14/h2-12H,1,13H2,(H,23,26)(H2,22,24,25,28)/b12-5+. The van der Waals surface area contributed by atoms with Crippen LogP contribution in [0.2, 0.25) is 0 Å². The Kier molecular flexibility index (Phi) is 7.86. The van der Waals surface area contributed by atoms with Crippen LogP contribution in [0.15, 0.2) is 67.3 Å². The second kappa shape index (κ2) is 10.6. The lowest BCUT2D eigenvalue weighted by Crippen LogP contribution is -2.48. The molecule has 2 aromatic carbocycles. The van der Waals surface area contributed by atoms with Gasteiger partial charge in [0.1, 0.15) is 18.2 Å². The topological polar surface area (TPSA) is 79.5 Å². The summed E-state index contributed by atoms with van der Waals surface area (Å²) in [5.74, 6) is -0.685. The maximum Gasteiger partial charge on any atom is 0.269 e. The average Bonchev–Trinajstić information content (AvgIpc) is 2.70. The smallest absolute Gasteiger partial charge is 0.269 e. The third-order valence-corrected chi connectivity index (χ3v) is 3.51. The summed E-state index contributed by atoms with van der Waals surface area (Å²) >= 11 is 4.94. The molecule has 0 aliphatic heterocycles. The van der Waals surface area contributed by atoms with Gasteiger partial charge in [0.2, 0.25) is 5.91 Å². The Morgan fingerprint density at radius 1 is 1.07 bits per heavy atom. The van der Waals surface area contributed by atoms with E-state index >= 15 is 0 Å². The number of carbonyl (C=O) groups excluding carboxylic acids is 2. The van der Waals surface area contributed by atoms with E-state index in [2.05, 4.69) is 22.7 Å². The summed E-state index contributed by atoms with van der Waals surface area (Å²) in [5, 5.41) is 2.30. The van der Waals surface area contributed by atoms with Crippen LogP contribution in [0.1, 0.15) is 15.9 Å². The molecule has 0 saturated carbocycles. The van der Waals surface area contributed by atoms with Crippen LogP contribution in [-0.2, 0) is 4.79 Å². The van der Waals surface area contributed by atoms with E-state index in [4.69, 9.17) is 17.0 Å². The zero-order chi connectivity index (χ0) is 20.4. The van der Waals surface area contributed by atoms with Crippen LogP contribution >= 0.6 is 12.2 Å². The van der Waals surface area contributed by atoms with Crippen molar-refractivity contribution in [2.75, 3.05) is 6.61 Å². The quantitative estimate of drug-likeness (QED) is 0.301. The van der Waals surface area contributed by atoms with Gasteiger partial charge in [-0.25, -0.2) is 4.39 Å². The number of amides is 2. The summed E-state index contributed by atoms with van der Waals surface area (Å²) in [7, 11) is 0. The number of hydrogen-bond acceptors (Lipinski definition) is 4. The Hall–Kier alpha value is -3.52. The third-order valence-electron chi connectivity index (χ3n) is 3.31. The van der Waals surface area contributed by atoms with Gasteiger partial charge < -0.3 is 4.74 Å². The molecular weight excluding hydrogens is 381 g/mol. The van der Waals surface area contributed by atoms with Crippen molar-refractivity contribution in [2.45, 2.75) is 0 Å². The summed E-state index contributed by atoms with van der Waals surface area (Å²) in [4.78, 5) is 23.9. The molecule has 0 aliphatic rings. The van der Waals surface area contributed by atoms with Gasteiger partial charge in [0.05, 0.1) is 0 Å². The molecule has 0 aliphatic carbocycles. The SMILES string of the molecule is C=CCOc1ccc(C(=O)NNC(=S)NC(=O)/C=C/c2ccc(F)cc2)cc1. The number of nitrogens with one attached hydrogen (secondary N) is 3. The van der Waals surface area contributed by atoms with Crippen LogP contribution in [0, 0.1) is 5.82 Å². The molecule has 0 unspecified atom stereocenters. The summed E-state index contributed by atoms with van der Waals surface area (Å²) in [6, 6.07) is 12.1. The molecule has 28 heavy (non-hydrogen) atoms. The van der Waals surface area contributed by atoms with Crippen molar-refractivity contribution in [3.8, 4) is 5.75 Å². The summed E-state index contributed by atoms with van der Waals surface area (Å²) in [6.45, 7) is 3.93. The first-order valence-corrected chi connectivity index (χ1v) is 8.57. The van der Waals surface area contributed by atoms with E-state index in [0.29, 0.717) is 23.5 Å². The maximum atomic E-state index is 12.8. The van der Waals surface area contributed by atoms with Gasteiger partial charge in [-0.05, 0) is 60.3 Å². The molecule has 2 aromatic rings. The number of halogens is 1.